The zero-order valence-corrected chi connectivity index (χ0v) is 12.4. The molecular weight excluding hydrogens is 298 g/mol. The van der Waals surface area contributed by atoms with Crippen molar-refractivity contribution in [3.05, 3.63) is 27.8 Å². The fourth-order valence-electron chi connectivity index (χ4n) is 1.77. The van der Waals surface area contributed by atoms with E-state index in [1.54, 1.807) is 0 Å². The van der Waals surface area contributed by atoms with Gasteiger partial charge in [0.1, 0.15) is 5.75 Å². The Bertz CT molecular complexity index is 582. The number of rotatable bonds is 6. The number of methoxy groups -OCH3 is 2. The van der Waals surface area contributed by atoms with Crippen molar-refractivity contribution in [3.8, 4) is 11.5 Å². The van der Waals surface area contributed by atoms with Crippen molar-refractivity contribution in [2.75, 3.05) is 14.2 Å². The first-order valence-electron chi connectivity index (χ1n) is 6.05. The van der Waals surface area contributed by atoms with Crippen LogP contribution in [0.1, 0.15) is 25.7 Å². The van der Waals surface area contributed by atoms with Crippen molar-refractivity contribution in [2.24, 2.45) is 0 Å². The molecule has 0 bridgehead atoms. The Kier molecular flexibility index (Phi) is 5.67. The molecule has 0 amide bonds. The maximum atomic E-state index is 11.3. The third-order valence-electron chi connectivity index (χ3n) is 2.54. The molecule has 22 heavy (non-hydrogen) atoms. The molecular formula is C13H15NO8. The summed E-state index contributed by atoms with van der Waals surface area (Å²) in [5.74, 6) is -1.65. The van der Waals surface area contributed by atoms with Gasteiger partial charge in [-0.3, -0.25) is 19.7 Å². The van der Waals surface area contributed by atoms with Crippen LogP contribution in [0.4, 0.5) is 5.69 Å². The molecule has 1 rings (SSSR count). The van der Waals surface area contributed by atoms with Crippen LogP contribution in [0.25, 0.3) is 0 Å². The molecule has 9 heteroatoms. The standard InChI is InChI=1S/C13H15NO8/c1-7(15)21-13(22-8(2)16)11-9(19-3)5-6-10(20-4)12(11)14(17)18/h5-6,13H,1-4H3. The van der Waals surface area contributed by atoms with Crippen molar-refractivity contribution in [2.45, 2.75) is 20.1 Å². The Balaban J connectivity index is 3.58. The Morgan fingerprint density at radius 3 is 1.86 bits per heavy atom. The fraction of sp³-hybridized carbons (Fsp3) is 0.385. The highest BCUT2D eigenvalue weighted by Crippen LogP contribution is 2.42. The van der Waals surface area contributed by atoms with E-state index in [0.717, 1.165) is 13.8 Å². The van der Waals surface area contributed by atoms with Gasteiger partial charge in [-0.2, -0.15) is 0 Å². The molecule has 0 aliphatic rings. The third-order valence-corrected chi connectivity index (χ3v) is 2.54. The van der Waals surface area contributed by atoms with Gasteiger partial charge in [0.15, 0.2) is 11.3 Å². The predicted octanol–water partition coefficient (Wildman–Crippen LogP) is 1.74. The minimum atomic E-state index is -1.62. The molecule has 0 N–H and O–H groups in total. The number of hydrogen-bond acceptors (Lipinski definition) is 8. The maximum Gasteiger partial charge on any atom is 0.325 e. The van der Waals surface area contributed by atoms with Gasteiger partial charge in [-0.15, -0.1) is 0 Å². The first kappa shape index (κ1) is 17.2. The van der Waals surface area contributed by atoms with Crippen molar-refractivity contribution < 1.29 is 33.5 Å². The second-order valence-electron chi connectivity index (χ2n) is 4.04. The minimum Gasteiger partial charge on any atom is -0.496 e. The number of benzene rings is 1. The van der Waals surface area contributed by atoms with E-state index in [4.69, 9.17) is 18.9 Å². The minimum absolute atomic E-state index is 0.0139. The molecule has 120 valence electrons. The summed E-state index contributed by atoms with van der Waals surface area (Å²) in [6.07, 6.45) is -1.62. The van der Waals surface area contributed by atoms with Gasteiger partial charge < -0.3 is 18.9 Å². The summed E-state index contributed by atoms with van der Waals surface area (Å²) in [4.78, 5) is 33.0. The van der Waals surface area contributed by atoms with Gasteiger partial charge in [0.2, 0.25) is 0 Å². The topological polar surface area (TPSA) is 114 Å². The first-order valence-corrected chi connectivity index (χ1v) is 6.05. The number of esters is 2. The summed E-state index contributed by atoms with van der Waals surface area (Å²) in [7, 11) is 2.51. The van der Waals surface area contributed by atoms with Crippen LogP contribution in [0.15, 0.2) is 12.1 Å². The third kappa shape index (κ3) is 3.84. The largest absolute Gasteiger partial charge is 0.496 e. The van der Waals surface area contributed by atoms with E-state index in [-0.39, 0.29) is 17.1 Å². The van der Waals surface area contributed by atoms with Gasteiger partial charge in [-0.1, -0.05) is 0 Å². The van der Waals surface area contributed by atoms with Crippen LogP contribution in [-0.4, -0.2) is 31.1 Å². The summed E-state index contributed by atoms with van der Waals surface area (Å²) in [5.41, 5.74) is -0.744. The molecule has 9 nitrogen and oxygen atoms in total. The lowest BCUT2D eigenvalue weighted by Crippen LogP contribution is -2.17. The van der Waals surface area contributed by atoms with Crippen LogP contribution in [0, 0.1) is 10.1 Å². The summed E-state index contributed by atoms with van der Waals surface area (Å²) in [6, 6.07) is 2.69. The lowest BCUT2D eigenvalue weighted by Gasteiger charge is -2.19. The molecule has 0 aliphatic carbocycles. The molecule has 0 spiro atoms. The number of nitrogens with zero attached hydrogens (tertiary/aromatic N) is 1. The van der Waals surface area contributed by atoms with E-state index in [1.807, 2.05) is 0 Å². The molecule has 1 aromatic rings. The van der Waals surface area contributed by atoms with Gasteiger partial charge in [0, 0.05) is 13.8 Å². The average Bonchev–Trinajstić information content (AvgIpc) is 2.43. The summed E-state index contributed by atoms with van der Waals surface area (Å²) in [6.45, 7) is 2.16. The van der Waals surface area contributed by atoms with Crippen molar-refractivity contribution in [3.63, 3.8) is 0 Å². The van der Waals surface area contributed by atoms with Crippen LogP contribution in [0.2, 0.25) is 0 Å². The Morgan fingerprint density at radius 1 is 1.05 bits per heavy atom. The van der Waals surface area contributed by atoms with E-state index < -0.39 is 28.8 Å². The molecule has 0 aromatic heterocycles. The average molecular weight is 313 g/mol. The van der Waals surface area contributed by atoms with E-state index in [9.17, 15) is 19.7 Å². The van der Waals surface area contributed by atoms with E-state index >= 15 is 0 Å². The zero-order chi connectivity index (χ0) is 16.9. The molecule has 0 radical (unpaired) electrons. The molecule has 0 heterocycles. The van der Waals surface area contributed by atoms with Crippen LogP contribution < -0.4 is 9.47 Å². The fourth-order valence-corrected chi connectivity index (χ4v) is 1.77. The molecule has 0 fully saturated rings. The van der Waals surface area contributed by atoms with Crippen molar-refractivity contribution in [1.29, 1.82) is 0 Å². The van der Waals surface area contributed by atoms with Gasteiger partial charge in [-0.05, 0) is 12.1 Å². The maximum absolute atomic E-state index is 11.3. The van der Waals surface area contributed by atoms with Crippen molar-refractivity contribution >= 4 is 17.6 Å². The lowest BCUT2D eigenvalue weighted by molar-refractivity contribution is -0.387. The number of carbonyl (C=O) groups is 2. The van der Waals surface area contributed by atoms with E-state index in [2.05, 4.69) is 0 Å². The number of hydrogen-bond donors (Lipinski definition) is 0. The number of nitro benzene ring substituents is 1. The Morgan fingerprint density at radius 2 is 1.50 bits per heavy atom. The number of ether oxygens (including phenoxy) is 4. The second-order valence-corrected chi connectivity index (χ2v) is 4.04. The molecule has 1 aromatic carbocycles. The molecule has 0 aliphatic heterocycles. The molecule has 0 saturated carbocycles. The molecule has 0 atom stereocenters. The van der Waals surface area contributed by atoms with Crippen LogP contribution in [0.3, 0.4) is 0 Å². The highest BCUT2D eigenvalue weighted by molar-refractivity contribution is 5.70. The normalized spacial score (nSPS) is 10.0. The molecule has 0 saturated heterocycles. The van der Waals surface area contributed by atoms with E-state index in [1.165, 1.54) is 26.4 Å². The smallest absolute Gasteiger partial charge is 0.325 e. The summed E-state index contributed by atoms with van der Waals surface area (Å²) in [5, 5.41) is 11.3. The highest BCUT2D eigenvalue weighted by atomic mass is 16.7. The van der Waals surface area contributed by atoms with E-state index in [0.29, 0.717) is 0 Å². The number of nitro groups is 1. The van der Waals surface area contributed by atoms with Crippen LogP contribution in [-0.2, 0) is 19.1 Å². The predicted molar refractivity (Wildman–Crippen MR) is 72.5 cm³/mol. The number of carbonyl (C=O) groups excluding carboxylic acids is 2. The van der Waals surface area contributed by atoms with Gasteiger partial charge in [0.05, 0.1) is 19.1 Å². The summed E-state index contributed by atoms with van der Waals surface area (Å²) >= 11 is 0. The quantitative estimate of drug-likeness (QED) is 0.337. The van der Waals surface area contributed by atoms with Gasteiger partial charge >= 0.3 is 17.6 Å². The zero-order valence-electron chi connectivity index (χ0n) is 12.4. The SMILES string of the molecule is COc1ccc(OC)c([N+](=O)[O-])c1C(OC(C)=O)OC(C)=O. The van der Waals surface area contributed by atoms with Crippen LogP contribution in [0.5, 0.6) is 11.5 Å². The van der Waals surface area contributed by atoms with Crippen molar-refractivity contribution in [1.82, 2.24) is 0 Å². The Hall–Kier alpha value is -2.84. The lowest BCUT2D eigenvalue weighted by atomic mass is 10.1. The molecule has 0 unspecified atom stereocenters. The van der Waals surface area contributed by atoms with Crippen LogP contribution >= 0.6 is 0 Å². The first-order chi connectivity index (χ1) is 10.3. The second kappa shape index (κ2) is 7.25. The highest BCUT2D eigenvalue weighted by Gasteiger charge is 2.34. The monoisotopic (exact) mass is 313 g/mol. The van der Waals surface area contributed by atoms with Gasteiger partial charge in [0.25, 0.3) is 6.29 Å². The Labute approximate surface area is 125 Å². The summed E-state index contributed by atoms with van der Waals surface area (Å²) < 4.78 is 19.7. The van der Waals surface area contributed by atoms with Gasteiger partial charge in [-0.25, -0.2) is 0 Å².